The van der Waals surface area contributed by atoms with Crippen LogP contribution in [0.2, 0.25) is 5.82 Å². The normalized spacial score (nSPS) is 35.6. The monoisotopic (exact) mass is 201 g/mol. The van der Waals surface area contributed by atoms with Crippen molar-refractivity contribution in [3.63, 3.8) is 0 Å². The van der Waals surface area contributed by atoms with E-state index in [0.29, 0.717) is 5.57 Å². The molecular weight excluding hydrogens is 189 g/mol. The second kappa shape index (κ2) is 3.44. The molecular formula is C7H12BNO3S. The lowest BCUT2D eigenvalue weighted by molar-refractivity contribution is 0.457. The van der Waals surface area contributed by atoms with Crippen molar-refractivity contribution in [3.05, 3.63) is 11.6 Å². The highest BCUT2D eigenvalue weighted by molar-refractivity contribution is 7.86. The minimum absolute atomic E-state index is 0.183. The Morgan fingerprint density at radius 1 is 1.69 bits per heavy atom. The highest BCUT2D eigenvalue weighted by Crippen LogP contribution is 2.28. The molecule has 0 saturated carbocycles. The Morgan fingerprint density at radius 2 is 2.23 bits per heavy atom. The number of hydrogen-bond acceptors (Lipinski definition) is 3. The van der Waals surface area contributed by atoms with Crippen LogP contribution in [-0.4, -0.2) is 32.1 Å². The van der Waals surface area contributed by atoms with Gasteiger partial charge >= 0.3 is 0 Å². The van der Waals surface area contributed by atoms with Gasteiger partial charge in [0, 0.05) is 6.04 Å². The number of hydrogen-bond donors (Lipinski definition) is 2. The summed E-state index contributed by atoms with van der Waals surface area (Å²) in [7, 11) is 1.56. The van der Waals surface area contributed by atoms with Crippen molar-refractivity contribution in [2.24, 2.45) is 5.73 Å². The highest BCUT2D eigenvalue weighted by atomic mass is 32.2. The molecule has 72 valence electrons. The van der Waals surface area contributed by atoms with Crippen LogP contribution in [0.5, 0.6) is 0 Å². The van der Waals surface area contributed by atoms with Gasteiger partial charge in [0.2, 0.25) is 0 Å². The molecule has 0 aromatic carbocycles. The fraction of sp³-hybridized carbons (Fsp3) is 0.714. The van der Waals surface area contributed by atoms with E-state index in [9.17, 15) is 8.42 Å². The predicted molar refractivity (Wildman–Crippen MR) is 51.2 cm³/mol. The zero-order valence-corrected chi connectivity index (χ0v) is 8.16. The van der Waals surface area contributed by atoms with Gasteiger partial charge in [-0.2, -0.15) is 8.42 Å². The average Bonchev–Trinajstić information content (AvgIpc) is 1.94. The van der Waals surface area contributed by atoms with Gasteiger partial charge < -0.3 is 5.73 Å². The molecule has 0 bridgehead atoms. The van der Waals surface area contributed by atoms with E-state index in [1.54, 1.807) is 13.0 Å². The molecule has 0 aliphatic heterocycles. The third kappa shape index (κ3) is 2.33. The van der Waals surface area contributed by atoms with Gasteiger partial charge in [-0.1, -0.05) is 11.6 Å². The standard InChI is InChI=1S/C7H12BNO3S/c1-4-2-5(8)6(9)3-7(4)13(10,11)12/h2,5-7H,3,9H2,1H3,(H,10,11,12). The van der Waals surface area contributed by atoms with Crippen LogP contribution in [-0.2, 0) is 10.1 Å². The van der Waals surface area contributed by atoms with Crippen molar-refractivity contribution >= 4 is 18.0 Å². The van der Waals surface area contributed by atoms with Crippen LogP contribution in [0.1, 0.15) is 13.3 Å². The maximum atomic E-state index is 10.9. The van der Waals surface area contributed by atoms with E-state index in [1.165, 1.54) is 0 Å². The predicted octanol–water partition coefficient (Wildman–Crippen LogP) is -0.123. The fourth-order valence-corrected chi connectivity index (χ4v) is 2.50. The van der Waals surface area contributed by atoms with E-state index in [0.717, 1.165) is 0 Å². The van der Waals surface area contributed by atoms with Gasteiger partial charge in [-0.15, -0.1) is 0 Å². The molecule has 1 aliphatic rings. The quantitative estimate of drug-likeness (QED) is 0.352. The summed E-state index contributed by atoms with van der Waals surface area (Å²) in [5.74, 6) is -0.321. The summed E-state index contributed by atoms with van der Waals surface area (Å²) in [6.07, 6.45) is 1.77. The lowest BCUT2D eigenvalue weighted by Crippen LogP contribution is -2.38. The average molecular weight is 201 g/mol. The topological polar surface area (TPSA) is 80.4 Å². The van der Waals surface area contributed by atoms with Gasteiger partial charge in [0.15, 0.2) is 0 Å². The minimum atomic E-state index is -4.04. The maximum absolute atomic E-state index is 10.9. The largest absolute Gasteiger partial charge is 0.328 e. The molecule has 0 aromatic rings. The van der Waals surface area contributed by atoms with Crippen molar-refractivity contribution in [2.45, 2.75) is 30.5 Å². The Bertz CT molecular complexity index is 325. The summed E-state index contributed by atoms with van der Waals surface area (Å²) in [6, 6.07) is -0.407. The molecule has 6 heteroatoms. The number of rotatable bonds is 1. The summed E-state index contributed by atoms with van der Waals surface area (Å²) in [6.45, 7) is 1.63. The molecule has 3 atom stereocenters. The van der Waals surface area contributed by atoms with Crippen molar-refractivity contribution < 1.29 is 13.0 Å². The highest BCUT2D eigenvalue weighted by Gasteiger charge is 2.32. The lowest BCUT2D eigenvalue weighted by atomic mass is 9.74. The Kier molecular flexibility index (Phi) is 2.84. The van der Waals surface area contributed by atoms with Gasteiger partial charge in [-0.25, -0.2) is 0 Å². The maximum Gasteiger partial charge on any atom is 0.271 e. The molecule has 0 heterocycles. The molecule has 4 nitrogen and oxygen atoms in total. The van der Waals surface area contributed by atoms with Crippen LogP contribution >= 0.6 is 0 Å². The Balaban J connectivity index is 2.98. The lowest BCUT2D eigenvalue weighted by Gasteiger charge is -2.28. The zero-order valence-electron chi connectivity index (χ0n) is 7.34. The molecule has 3 N–H and O–H groups in total. The van der Waals surface area contributed by atoms with Gasteiger partial charge in [-0.05, 0) is 19.2 Å². The minimum Gasteiger partial charge on any atom is -0.328 e. The van der Waals surface area contributed by atoms with Crippen molar-refractivity contribution in [2.75, 3.05) is 0 Å². The Hall–Kier alpha value is -0.325. The van der Waals surface area contributed by atoms with Crippen molar-refractivity contribution in [3.8, 4) is 0 Å². The second-order valence-electron chi connectivity index (χ2n) is 3.39. The summed E-state index contributed by atoms with van der Waals surface area (Å²) < 4.78 is 30.6. The Morgan fingerprint density at radius 3 is 2.69 bits per heavy atom. The molecule has 0 amide bonds. The van der Waals surface area contributed by atoms with Crippen LogP contribution < -0.4 is 5.73 Å². The van der Waals surface area contributed by atoms with Gasteiger partial charge in [-0.3, -0.25) is 4.55 Å². The first-order valence-corrected chi connectivity index (χ1v) is 5.48. The molecule has 13 heavy (non-hydrogen) atoms. The summed E-state index contributed by atoms with van der Waals surface area (Å²) in [5, 5.41) is -0.887. The first-order valence-electron chi connectivity index (χ1n) is 3.98. The third-order valence-corrected chi connectivity index (χ3v) is 3.59. The number of nitrogens with two attached hydrogens (primary N) is 1. The molecule has 0 spiro atoms. The van der Waals surface area contributed by atoms with E-state index in [4.69, 9.17) is 18.1 Å². The first kappa shape index (κ1) is 10.8. The first-order chi connectivity index (χ1) is 5.82. The summed E-state index contributed by atoms with van der Waals surface area (Å²) in [5.41, 5.74) is 6.15. The zero-order chi connectivity index (χ0) is 10.2. The molecule has 0 fully saturated rings. The molecule has 0 saturated heterocycles. The second-order valence-corrected chi connectivity index (χ2v) is 4.99. The van der Waals surface area contributed by atoms with E-state index in [2.05, 4.69) is 0 Å². The van der Waals surface area contributed by atoms with Crippen LogP contribution in [0.4, 0.5) is 0 Å². The molecule has 1 rings (SSSR count). The van der Waals surface area contributed by atoms with Gasteiger partial charge in [0.25, 0.3) is 10.1 Å². The molecule has 1 aliphatic carbocycles. The smallest absolute Gasteiger partial charge is 0.271 e. The fourth-order valence-electron chi connectivity index (χ4n) is 1.48. The van der Waals surface area contributed by atoms with E-state index < -0.39 is 21.4 Å². The molecule has 2 radical (unpaired) electrons. The molecule has 0 aromatic heterocycles. The summed E-state index contributed by atoms with van der Waals surface area (Å²) >= 11 is 0. The van der Waals surface area contributed by atoms with E-state index in [1.807, 2.05) is 0 Å². The van der Waals surface area contributed by atoms with E-state index in [-0.39, 0.29) is 12.2 Å². The van der Waals surface area contributed by atoms with Crippen molar-refractivity contribution in [1.29, 1.82) is 0 Å². The molecule has 3 unspecified atom stereocenters. The third-order valence-electron chi connectivity index (χ3n) is 2.30. The van der Waals surface area contributed by atoms with Crippen LogP contribution in [0.15, 0.2) is 11.6 Å². The van der Waals surface area contributed by atoms with E-state index >= 15 is 0 Å². The van der Waals surface area contributed by atoms with Gasteiger partial charge in [0.1, 0.15) is 5.25 Å². The van der Waals surface area contributed by atoms with Crippen LogP contribution in [0, 0.1) is 0 Å². The summed E-state index contributed by atoms with van der Waals surface area (Å²) in [4.78, 5) is 0. The van der Waals surface area contributed by atoms with Gasteiger partial charge in [0.05, 0.1) is 7.85 Å². The van der Waals surface area contributed by atoms with Crippen LogP contribution in [0.25, 0.3) is 0 Å². The van der Waals surface area contributed by atoms with Crippen LogP contribution in [0.3, 0.4) is 0 Å². The Labute approximate surface area is 79.4 Å². The van der Waals surface area contributed by atoms with Crippen molar-refractivity contribution in [1.82, 2.24) is 0 Å². The SMILES string of the molecule is [B]C1C=C(C)C(S(=O)(=O)O)CC1N.